The summed E-state index contributed by atoms with van der Waals surface area (Å²) in [5.41, 5.74) is 0.0543. The Morgan fingerprint density at radius 2 is 2.00 bits per heavy atom. The number of nitrogens with one attached hydrogen (secondary N) is 2. The molecule has 0 aliphatic carbocycles. The highest BCUT2D eigenvalue weighted by atomic mass is 19.1. The van der Waals surface area contributed by atoms with Crippen LogP contribution in [0.2, 0.25) is 0 Å². The maximum absolute atomic E-state index is 16.9. The fraction of sp³-hybridized carbons (Fsp3) is 0.394. The van der Waals surface area contributed by atoms with Gasteiger partial charge in [-0.3, -0.25) is 14.7 Å². The maximum atomic E-state index is 16.9. The number of phenolic OH excluding ortho intramolecular Hbond substituents is 1. The minimum Gasteiger partial charge on any atom is -0.508 e. The van der Waals surface area contributed by atoms with E-state index in [1.54, 1.807) is 0 Å². The number of ether oxygens (including phenoxy) is 1. The predicted octanol–water partition coefficient (Wildman–Crippen LogP) is 2.25. The van der Waals surface area contributed by atoms with Crippen molar-refractivity contribution in [3.63, 3.8) is 0 Å². The number of benzene rings is 2. The van der Waals surface area contributed by atoms with Gasteiger partial charge in [0.05, 0.1) is 24.2 Å². The quantitative estimate of drug-likeness (QED) is 0.271. The van der Waals surface area contributed by atoms with Crippen LogP contribution >= 0.6 is 0 Å². The number of likely N-dealkylation sites (N-methyl/N-ethyl adjacent to an activating group) is 1. The number of piperazine rings is 2. The zero-order valence-corrected chi connectivity index (χ0v) is 25.4. The molecular weight excluding hydrogens is 594 g/mol. The molecule has 6 bridgehead atoms. The van der Waals surface area contributed by atoms with Gasteiger partial charge in [0.25, 0.3) is 0 Å². The number of amides is 1. The first-order valence-corrected chi connectivity index (χ1v) is 15.4. The topological polar surface area (TPSA) is 119 Å². The van der Waals surface area contributed by atoms with Crippen LogP contribution in [0, 0.1) is 24.0 Å². The highest BCUT2D eigenvalue weighted by molar-refractivity contribution is 6.03. The number of rotatable bonds is 1. The zero-order valence-electron chi connectivity index (χ0n) is 25.4. The molecule has 2 atom stereocenters. The summed E-state index contributed by atoms with van der Waals surface area (Å²) in [5.74, 6) is 1.71. The highest BCUT2D eigenvalue weighted by Crippen LogP contribution is 2.39. The molecule has 0 radical (unpaired) electrons. The number of anilines is 2. The van der Waals surface area contributed by atoms with Crippen LogP contribution in [0.25, 0.3) is 32.9 Å². The Morgan fingerprint density at radius 3 is 2.85 bits per heavy atom. The molecule has 7 rings (SSSR count). The molecule has 2 aromatic heterocycles. The monoisotopic (exact) mass is 628 g/mol. The molecule has 3 aliphatic rings. The molecule has 5 heterocycles. The molecule has 2 fully saturated rings. The van der Waals surface area contributed by atoms with Gasteiger partial charge in [-0.15, -0.1) is 6.42 Å². The predicted molar refractivity (Wildman–Crippen MR) is 171 cm³/mol. The molecule has 3 N–H and O–H groups in total. The molecule has 238 valence electrons. The Balaban J connectivity index is 1.41. The minimum atomic E-state index is -0.733. The van der Waals surface area contributed by atoms with Crippen molar-refractivity contribution in [2.75, 3.05) is 75.9 Å². The average molecular weight is 629 g/mol. The lowest BCUT2D eigenvalue weighted by Gasteiger charge is -2.40. The number of phenols is 1. The van der Waals surface area contributed by atoms with Crippen LogP contribution in [-0.2, 0) is 9.53 Å². The van der Waals surface area contributed by atoms with Gasteiger partial charge >= 0.3 is 0 Å². The van der Waals surface area contributed by atoms with Gasteiger partial charge in [-0.05, 0) is 30.6 Å². The second-order valence-electron chi connectivity index (χ2n) is 12.0. The summed E-state index contributed by atoms with van der Waals surface area (Å²) in [7, 11) is 2.01. The standard InChI is InChI=1S/C33H34F2N8O3/c1-3-23-26(34)5-4-19-12-22(44)13-24(28(19)23)30-29(35)31-25(15-38-30)32-40-33(39-31)43-10-9-41(2)21(17-43)14-37-27(45)6-11-46-18-20-16-42(32)8-7-36-20/h1,4-5,12-13,15,20-21,36,44H,6-11,14,16-18H2,2H3,(H,37,45). The lowest BCUT2D eigenvalue weighted by molar-refractivity contribution is -0.122. The number of carbonyl (C=O) groups excluding carboxylic acids is 1. The molecular formula is C33H34F2N8O3. The van der Waals surface area contributed by atoms with E-state index in [4.69, 9.17) is 21.1 Å². The summed E-state index contributed by atoms with van der Waals surface area (Å²) in [6.07, 6.45) is 7.50. The fourth-order valence-electron chi connectivity index (χ4n) is 6.54. The first-order valence-electron chi connectivity index (χ1n) is 15.4. The van der Waals surface area contributed by atoms with E-state index in [2.05, 4.69) is 31.3 Å². The van der Waals surface area contributed by atoms with E-state index >= 15 is 4.39 Å². The smallest absolute Gasteiger partial charge is 0.228 e. The molecule has 0 spiro atoms. The van der Waals surface area contributed by atoms with Gasteiger partial charge in [0.1, 0.15) is 28.6 Å². The summed E-state index contributed by atoms with van der Waals surface area (Å²) in [4.78, 5) is 33.1. The zero-order chi connectivity index (χ0) is 31.9. The van der Waals surface area contributed by atoms with Crippen molar-refractivity contribution < 1.29 is 23.4 Å². The van der Waals surface area contributed by atoms with E-state index in [1.807, 2.05) is 11.9 Å². The van der Waals surface area contributed by atoms with Gasteiger partial charge in [0.2, 0.25) is 11.9 Å². The van der Waals surface area contributed by atoms with Gasteiger partial charge in [-0.2, -0.15) is 4.98 Å². The van der Waals surface area contributed by atoms with E-state index in [1.165, 1.54) is 30.5 Å². The number of nitrogens with zero attached hydrogens (tertiary/aromatic N) is 6. The second-order valence-corrected chi connectivity index (χ2v) is 12.0. The number of aromatic hydroxyl groups is 1. The molecule has 46 heavy (non-hydrogen) atoms. The number of fused-ring (bicyclic) bond motifs is 11. The molecule has 1 amide bonds. The van der Waals surface area contributed by atoms with Crippen molar-refractivity contribution in [3.05, 3.63) is 47.7 Å². The summed E-state index contributed by atoms with van der Waals surface area (Å²) in [6, 6.07) is 5.44. The third-order valence-corrected chi connectivity index (χ3v) is 9.05. The van der Waals surface area contributed by atoms with Crippen molar-refractivity contribution in [1.82, 2.24) is 30.5 Å². The Labute approximate surface area is 264 Å². The van der Waals surface area contributed by atoms with E-state index in [-0.39, 0.29) is 57.9 Å². The highest BCUT2D eigenvalue weighted by Gasteiger charge is 2.31. The SMILES string of the molecule is C#Cc1c(F)ccc2cc(O)cc(-c3ncc4c5nc(nc4c3F)N3CCN(C)C(CNC(=O)CCOCC4CN5CCN4)C3)c12. The molecule has 11 nitrogen and oxygen atoms in total. The third-order valence-electron chi connectivity index (χ3n) is 9.05. The van der Waals surface area contributed by atoms with E-state index in [0.717, 1.165) is 0 Å². The van der Waals surface area contributed by atoms with Crippen LogP contribution in [0.1, 0.15) is 12.0 Å². The summed E-state index contributed by atoms with van der Waals surface area (Å²) in [6.45, 7) is 4.75. The number of halogens is 2. The van der Waals surface area contributed by atoms with Crippen LogP contribution in [0.5, 0.6) is 5.75 Å². The van der Waals surface area contributed by atoms with Gasteiger partial charge < -0.3 is 30.3 Å². The van der Waals surface area contributed by atoms with Gasteiger partial charge in [0, 0.05) is 81.5 Å². The largest absolute Gasteiger partial charge is 0.508 e. The average Bonchev–Trinajstić information content (AvgIpc) is 3.06. The minimum absolute atomic E-state index is 0.0218. The Kier molecular flexibility index (Phi) is 8.02. The van der Waals surface area contributed by atoms with Crippen molar-refractivity contribution in [3.8, 4) is 29.4 Å². The molecule has 3 aliphatic heterocycles. The van der Waals surface area contributed by atoms with Crippen LogP contribution in [0.4, 0.5) is 20.5 Å². The van der Waals surface area contributed by atoms with E-state index < -0.39 is 11.6 Å². The summed E-state index contributed by atoms with van der Waals surface area (Å²) in [5, 5.41) is 18.2. The van der Waals surface area contributed by atoms with Crippen LogP contribution in [0.15, 0.2) is 30.5 Å². The van der Waals surface area contributed by atoms with Gasteiger partial charge in [-0.25, -0.2) is 13.8 Å². The van der Waals surface area contributed by atoms with Gasteiger partial charge in [-0.1, -0.05) is 12.0 Å². The maximum Gasteiger partial charge on any atom is 0.228 e. The normalized spacial score (nSPS) is 21.3. The Morgan fingerprint density at radius 1 is 1.13 bits per heavy atom. The number of terminal acetylenes is 1. The number of hydrogen-bond donors (Lipinski definition) is 3. The van der Waals surface area contributed by atoms with Gasteiger partial charge in [0.15, 0.2) is 5.82 Å². The third kappa shape index (κ3) is 5.53. The molecule has 13 heteroatoms. The van der Waals surface area contributed by atoms with Crippen molar-refractivity contribution in [2.24, 2.45) is 0 Å². The van der Waals surface area contributed by atoms with Crippen molar-refractivity contribution in [2.45, 2.75) is 18.5 Å². The fourth-order valence-corrected chi connectivity index (χ4v) is 6.54. The second kappa shape index (κ2) is 12.3. The molecule has 0 saturated carbocycles. The van der Waals surface area contributed by atoms with E-state index in [9.17, 15) is 14.3 Å². The summed E-state index contributed by atoms with van der Waals surface area (Å²) >= 11 is 0. The molecule has 4 aromatic rings. The van der Waals surface area contributed by atoms with E-state index in [0.29, 0.717) is 81.6 Å². The number of hydrogen-bond acceptors (Lipinski definition) is 10. The number of aromatic nitrogens is 3. The number of pyridine rings is 1. The Bertz CT molecular complexity index is 1880. The van der Waals surface area contributed by atoms with Crippen LogP contribution < -0.4 is 20.4 Å². The molecule has 2 aromatic carbocycles. The lowest BCUT2D eigenvalue weighted by Crippen LogP contribution is -2.56. The molecule has 2 saturated heterocycles. The number of carbonyl (C=O) groups is 1. The first kappa shape index (κ1) is 30.0. The Hall–Kier alpha value is -4.64. The van der Waals surface area contributed by atoms with Crippen LogP contribution in [-0.4, -0.2) is 109 Å². The van der Waals surface area contributed by atoms with Crippen molar-refractivity contribution >= 4 is 39.3 Å². The lowest BCUT2D eigenvalue weighted by atomic mass is 9.96. The first-order chi connectivity index (χ1) is 22.3. The van der Waals surface area contributed by atoms with Crippen LogP contribution in [0.3, 0.4) is 0 Å². The van der Waals surface area contributed by atoms with Crippen molar-refractivity contribution in [1.29, 1.82) is 0 Å². The summed E-state index contributed by atoms with van der Waals surface area (Å²) < 4.78 is 37.6. The molecule has 2 unspecified atom stereocenters.